The molecule has 14 heavy (non-hydrogen) atoms. The maximum atomic E-state index is 4.22. The third-order valence-electron chi connectivity index (χ3n) is 1.87. The van der Waals surface area contributed by atoms with E-state index < -0.39 is 0 Å². The minimum Gasteiger partial charge on any atom is -0.316 e. The van der Waals surface area contributed by atoms with Crippen LogP contribution >= 0.6 is 23.1 Å². The van der Waals surface area contributed by atoms with Gasteiger partial charge in [-0.2, -0.15) is 0 Å². The third kappa shape index (κ3) is 5.62. The molecule has 0 atom stereocenters. The molecule has 0 aliphatic rings. The summed E-state index contributed by atoms with van der Waals surface area (Å²) in [4.78, 5) is 4.22. The van der Waals surface area contributed by atoms with Crippen LogP contribution in [0.15, 0.2) is 15.9 Å². The van der Waals surface area contributed by atoms with Crippen molar-refractivity contribution in [2.45, 2.75) is 30.5 Å². The maximum Gasteiger partial charge on any atom is 0.149 e. The monoisotopic (exact) mass is 230 g/mol. The van der Waals surface area contributed by atoms with Crippen molar-refractivity contribution in [1.29, 1.82) is 0 Å². The molecule has 0 aromatic carbocycles. The Balaban J connectivity index is 1.85. The molecule has 0 amide bonds. The van der Waals surface area contributed by atoms with Crippen molar-refractivity contribution in [3.63, 3.8) is 0 Å². The van der Waals surface area contributed by atoms with Crippen molar-refractivity contribution >= 4 is 23.1 Å². The Morgan fingerprint density at radius 1 is 1.43 bits per heavy atom. The normalized spacial score (nSPS) is 10.6. The van der Waals surface area contributed by atoms with Gasteiger partial charge in [-0.3, -0.25) is 0 Å². The number of hydrogen-bond donors (Lipinski definition) is 1. The van der Waals surface area contributed by atoms with Gasteiger partial charge in [0.15, 0.2) is 0 Å². The summed E-state index contributed by atoms with van der Waals surface area (Å²) in [5.74, 6) is 1.12. The fourth-order valence-corrected chi connectivity index (χ4v) is 2.72. The second-order valence-electron chi connectivity index (χ2n) is 3.10. The van der Waals surface area contributed by atoms with Gasteiger partial charge >= 0.3 is 0 Å². The van der Waals surface area contributed by atoms with Crippen LogP contribution in [0.1, 0.15) is 26.2 Å². The highest BCUT2D eigenvalue weighted by Crippen LogP contribution is 2.18. The number of nitrogens with zero attached hydrogens (tertiary/aromatic N) is 1. The largest absolute Gasteiger partial charge is 0.316 e. The predicted molar refractivity (Wildman–Crippen MR) is 65.2 cm³/mol. The highest BCUT2D eigenvalue weighted by atomic mass is 32.2. The first-order chi connectivity index (χ1) is 6.93. The average molecular weight is 230 g/mol. The molecule has 0 bridgehead atoms. The summed E-state index contributed by atoms with van der Waals surface area (Å²) in [6.45, 7) is 4.48. The quantitative estimate of drug-likeness (QED) is 0.549. The summed E-state index contributed by atoms with van der Waals surface area (Å²) in [5, 5.41) is 5.46. The van der Waals surface area contributed by atoms with Gasteiger partial charge in [0.1, 0.15) is 4.34 Å². The van der Waals surface area contributed by atoms with Gasteiger partial charge in [-0.05, 0) is 13.0 Å². The van der Waals surface area contributed by atoms with Crippen LogP contribution in [0.4, 0.5) is 0 Å². The Bertz CT molecular complexity index is 212. The molecule has 1 rings (SSSR count). The van der Waals surface area contributed by atoms with Gasteiger partial charge in [-0.1, -0.05) is 31.5 Å². The molecule has 0 aliphatic carbocycles. The van der Waals surface area contributed by atoms with Gasteiger partial charge in [-0.15, -0.1) is 11.3 Å². The molecule has 1 aromatic heterocycles. The summed E-state index contributed by atoms with van der Waals surface area (Å²) >= 11 is 3.55. The number of nitrogens with one attached hydrogen (secondary N) is 1. The minimum absolute atomic E-state index is 1.09. The number of thioether (sulfide) groups is 1. The van der Waals surface area contributed by atoms with Crippen LogP contribution in [0.25, 0.3) is 0 Å². The Morgan fingerprint density at radius 2 is 2.36 bits per heavy atom. The Labute approximate surface area is 94.5 Å². The second-order valence-corrected chi connectivity index (χ2v) is 5.34. The van der Waals surface area contributed by atoms with Gasteiger partial charge in [-0.25, -0.2) is 4.98 Å². The second kappa shape index (κ2) is 8.26. The van der Waals surface area contributed by atoms with Crippen LogP contribution in [0.3, 0.4) is 0 Å². The first kappa shape index (κ1) is 12.0. The van der Waals surface area contributed by atoms with Crippen LogP contribution in [0.2, 0.25) is 0 Å². The highest BCUT2D eigenvalue weighted by Gasteiger charge is 1.94. The molecule has 1 heterocycles. The van der Waals surface area contributed by atoms with E-state index in [-0.39, 0.29) is 0 Å². The van der Waals surface area contributed by atoms with Crippen molar-refractivity contribution in [1.82, 2.24) is 10.3 Å². The van der Waals surface area contributed by atoms with E-state index >= 15 is 0 Å². The van der Waals surface area contributed by atoms with E-state index in [0.717, 1.165) is 18.8 Å². The van der Waals surface area contributed by atoms with E-state index in [0.29, 0.717) is 0 Å². The zero-order valence-electron chi connectivity index (χ0n) is 8.66. The molecule has 1 N–H and O–H groups in total. The Kier molecular flexibility index (Phi) is 7.09. The van der Waals surface area contributed by atoms with Crippen LogP contribution in [-0.4, -0.2) is 23.8 Å². The van der Waals surface area contributed by atoms with Gasteiger partial charge in [0.2, 0.25) is 0 Å². The van der Waals surface area contributed by atoms with Crippen LogP contribution < -0.4 is 5.32 Å². The lowest BCUT2D eigenvalue weighted by atomic mass is 10.2. The van der Waals surface area contributed by atoms with Crippen molar-refractivity contribution < 1.29 is 0 Å². The maximum absolute atomic E-state index is 4.22. The van der Waals surface area contributed by atoms with Crippen LogP contribution in [0, 0.1) is 0 Å². The van der Waals surface area contributed by atoms with Gasteiger partial charge < -0.3 is 5.32 Å². The number of rotatable bonds is 8. The van der Waals surface area contributed by atoms with E-state index in [1.165, 1.54) is 23.6 Å². The molecular weight excluding hydrogens is 212 g/mol. The van der Waals surface area contributed by atoms with Crippen molar-refractivity contribution in [3.8, 4) is 0 Å². The van der Waals surface area contributed by atoms with Crippen molar-refractivity contribution in [3.05, 3.63) is 11.6 Å². The molecule has 0 unspecified atom stereocenters. The highest BCUT2D eigenvalue weighted by molar-refractivity contribution is 8.01. The third-order valence-corrected chi connectivity index (χ3v) is 3.84. The lowest BCUT2D eigenvalue weighted by Gasteiger charge is -2.02. The van der Waals surface area contributed by atoms with E-state index in [1.807, 2.05) is 23.3 Å². The average Bonchev–Trinajstić information content (AvgIpc) is 2.69. The fraction of sp³-hybridized carbons (Fsp3) is 0.700. The summed E-state index contributed by atoms with van der Waals surface area (Å²) in [7, 11) is 0. The number of thiazole rings is 1. The summed E-state index contributed by atoms with van der Waals surface area (Å²) in [5.41, 5.74) is 0. The minimum atomic E-state index is 1.09. The van der Waals surface area contributed by atoms with E-state index in [1.54, 1.807) is 11.3 Å². The molecule has 2 nitrogen and oxygen atoms in total. The van der Waals surface area contributed by atoms with Crippen LogP contribution in [-0.2, 0) is 0 Å². The zero-order chi connectivity index (χ0) is 10.1. The lowest BCUT2D eigenvalue weighted by molar-refractivity contribution is 0.636. The number of unbranched alkanes of at least 4 members (excludes halogenated alkanes) is 2. The molecule has 1 aromatic rings. The van der Waals surface area contributed by atoms with Gasteiger partial charge in [0.05, 0.1) is 0 Å². The molecule has 0 saturated heterocycles. The molecule has 0 spiro atoms. The lowest BCUT2D eigenvalue weighted by Crippen LogP contribution is -2.18. The summed E-state index contributed by atoms with van der Waals surface area (Å²) in [6, 6.07) is 0. The zero-order valence-corrected chi connectivity index (χ0v) is 10.3. The van der Waals surface area contributed by atoms with E-state index in [2.05, 4.69) is 17.2 Å². The Morgan fingerprint density at radius 3 is 3.07 bits per heavy atom. The molecule has 0 radical (unpaired) electrons. The van der Waals surface area contributed by atoms with Gasteiger partial charge in [0, 0.05) is 23.9 Å². The predicted octanol–water partition coefficient (Wildman–Crippen LogP) is 3.02. The standard InChI is InChI=1S/C10H18N2S2/c1-2-3-4-5-11-6-8-13-10-12-7-9-14-10/h7,9,11H,2-6,8H2,1H3. The van der Waals surface area contributed by atoms with Gasteiger partial charge in [0.25, 0.3) is 0 Å². The summed E-state index contributed by atoms with van der Waals surface area (Å²) < 4.78 is 1.18. The van der Waals surface area contributed by atoms with Crippen molar-refractivity contribution in [2.24, 2.45) is 0 Å². The number of aromatic nitrogens is 1. The van der Waals surface area contributed by atoms with E-state index in [9.17, 15) is 0 Å². The smallest absolute Gasteiger partial charge is 0.149 e. The first-order valence-electron chi connectivity index (χ1n) is 5.16. The Hall–Kier alpha value is -0.0600. The molecule has 0 aliphatic heterocycles. The van der Waals surface area contributed by atoms with Crippen molar-refractivity contribution in [2.75, 3.05) is 18.8 Å². The first-order valence-corrected chi connectivity index (χ1v) is 7.03. The fourth-order valence-electron chi connectivity index (χ4n) is 1.12. The van der Waals surface area contributed by atoms with Crippen LogP contribution in [0.5, 0.6) is 0 Å². The molecule has 0 fully saturated rings. The summed E-state index contributed by atoms with van der Waals surface area (Å²) in [6.07, 6.45) is 5.81. The molecule has 80 valence electrons. The number of hydrogen-bond acceptors (Lipinski definition) is 4. The molecule has 0 saturated carbocycles. The molecule has 4 heteroatoms. The van der Waals surface area contributed by atoms with E-state index in [4.69, 9.17) is 0 Å². The SMILES string of the molecule is CCCCCNCCSc1nccs1. The topological polar surface area (TPSA) is 24.9 Å². The molecular formula is C10H18N2S2.